The second-order valence-corrected chi connectivity index (χ2v) is 7.78. The molecule has 2 bridgehead atoms. The van der Waals surface area contributed by atoms with Crippen molar-refractivity contribution < 1.29 is 55.6 Å². The summed E-state index contributed by atoms with van der Waals surface area (Å²) in [6.07, 6.45) is -8.28. The van der Waals surface area contributed by atoms with Gasteiger partial charge in [-0.15, -0.1) is 11.3 Å². The van der Waals surface area contributed by atoms with Crippen molar-refractivity contribution >= 4 is 23.3 Å². The quantitative estimate of drug-likeness (QED) is 0.573. The molecule has 2 aliphatic rings. The minimum Gasteiger partial charge on any atom is -0.475 e. The lowest BCUT2D eigenvalue weighted by Crippen LogP contribution is -2.64. The second-order valence-electron chi connectivity index (χ2n) is 6.80. The summed E-state index contributed by atoms with van der Waals surface area (Å²) in [5.41, 5.74) is 0. The number of fused-ring (bicyclic) bond motifs is 2. The highest BCUT2D eigenvalue weighted by Gasteiger charge is 2.39. The van der Waals surface area contributed by atoms with E-state index in [0.29, 0.717) is 12.1 Å². The summed E-state index contributed by atoms with van der Waals surface area (Å²) in [5.74, 6) is -5.51. The fraction of sp³-hybridized carbons (Fsp3) is 0.706. The predicted octanol–water partition coefficient (Wildman–Crippen LogP) is 1.94. The average molecular weight is 511 g/mol. The number of piperazine rings is 1. The fourth-order valence-electron chi connectivity index (χ4n) is 3.03. The first-order valence-electron chi connectivity index (χ1n) is 9.29. The zero-order valence-corrected chi connectivity index (χ0v) is 18.1. The van der Waals surface area contributed by atoms with Crippen LogP contribution in [0.25, 0.3) is 0 Å². The Balaban J connectivity index is 0.000000324. The van der Waals surface area contributed by atoms with Gasteiger partial charge in [0.1, 0.15) is 5.01 Å². The number of carboxylic acid groups (broad SMARTS) is 2. The van der Waals surface area contributed by atoms with Crippen molar-refractivity contribution in [2.24, 2.45) is 0 Å². The van der Waals surface area contributed by atoms with Crippen molar-refractivity contribution in [3.05, 3.63) is 16.6 Å². The Labute approximate surface area is 188 Å². The summed E-state index contributed by atoms with van der Waals surface area (Å²) < 4.78 is 74.4. The molecule has 3 heterocycles. The zero-order valence-electron chi connectivity index (χ0n) is 17.3. The van der Waals surface area contributed by atoms with Gasteiger partial charge in [-0.05, 0) is 0 Å². The largest absolute Gasteiger partial charge is 0.490 e. The summed E-state index contributed by atoms with van der Waals surface area (Å²) in [4.78, 5) is 27.3. The number of ether oxygens (including phenoxy) is 2. The van der Waals surface area contributed by atoms with E-state index < -0.39 is 24.3 Å². The Kier molecular flexibility index (Phi) is 11.5. The molecular weight excluding hydrogens is 488 g/mol. The van der Waals surface area contributed by atoms with Crippen LogP contribution in [0.4, 0.5) is 26.3 Å². The fourth-order valence-corrected chi connectivity index (χ4v) is 3.69. The minimum atomic E-state index is -5.08. The first-order chi connectivity index (χ1) is 15.3. The molecule has 2 saturated heterocycles. The van der Waals surface area contributed by atoms with Crippen molar-refractivity contribution in [3.8, 4) is 0 Å². The Hall–Kier alpha value is -2.01. The Morgan fingerprint density at radius 3 is 1.97 bits per heavy atom. The summed E-state index contributed by atoms with van der Waals surface area (Å²) in [6, 6.07) is 1.00. The molecule has 0 saturated carbocycles. The molecule has 9 nitrogen and oxygen atoms in total. The highest BCUT2D eigenvalue weighted by molar-refractivity contribution is 7.09. The number of methoxy groups -OCH3 is 1. The van der Waals surface area contributed by atoms with E-state index in [1.54, 1.807) is 18.4 Å². The van der Waals surface area contributed by atoms with Gasteiger partial charge in [0.05, 0.1) is 26.4 Å². The predicted molar refractivity (Wildman–Crippen MR) is 102 cm³/mol. The van der Waals surface area contributed by atoms with E-state index in [1.807, 2.05) is 11.6 Å². The van der Waals surface area contributed by atoms with Gasteiger partial charge in [0.15, 0.2) is 0 Å². The molecule has 0 spiro atoms. The van der Waals surface area contributed by atoms with Crippen LogP contribution in [0.15, 0.2) is 11.6 Å². The first-order valence-corrected chi connectivity index (χ1v) is 10.2. The molecule has 0 amide bonds. The third kappa shape index (κ3) is 10.6. The number of hydrogen-bond donors (Lipinski definition) is 2. The average Bonchev–Trinajstić information content (AvgIpc) is 3.18. The van der Waals surface area contributed by atoms with E-state index in [0.717, 1.165) is 46.0 Å². The van der Waals surface area contributed by atoms with Crippen LogP contribution in [0.3, 0.4) is 0 Å². The summed E-state index contributed by atoms with van der Waals surface area (Å²) >= 11 is 1.74. The lowest BCUT2D eigenvalue weighted by molar-refractivity contribution is -0.193. The number of aromatic nitrogens is 1. The number of halogens is 6. The van der Waals surface area contributed by atoms with Crippen LogP contribution in [-0.4, -0.2) is 108 Å². The Morgan fingerprint density at radius 1 is 1.12 bits per heavy atom. The SMILES string of the molecule is COCCN1C2COCC1CN(Cc1nccs1)C2.O=C(O)C(F)(F)F.O=C(O)C(F)(F)F. The number of thiazole rings is 1. The van der Waals surface area contributed by atoms with Gasteiger partial charge in [0.25, 0.3) is 0 Å². The van der Waals surface area contributed by atoms with Gasteiger partial charge in [-0.1, -0.05) is 0 Å². The molecule has 2 N–H and O–H groups in total. The molecule has 2 fully saturated rings. The molecular formula is C17H23F6N3O6S. The second kappa shape index (κ2) is 13.0. The topological polar surface area (TPSA) is 112 Å². The Morgan fingerprint density at radius 2 is 1.61 bits per heavy atom. The zero-order chi connectivity index (χ0) is 25.2. The number of morpholine rings is 1. The summed E-state index contributed by atoms with van der Waals surface area (Å²) in [7, 11) is 1.77. The third-order valence-electron chi connectivity index (χ3n) is 4.38. The molecule has 190 valence electrons. The molecule has 16 heteroatoms. The van der Waals surface area contributed by atoms with Gasteiger partial charge in [-0.2, -0.15) is 26.3 Å². The van der Waals surface area contributed by atoms with Gasteiger partial charge >= 0.3 is 24.3 Å². The van der Waals surface area contributed by atoms with Crippen LogP contribution < -0.4 is 0 Å². The molecule has 0 aromatic carbocycles. The van der Waals surface area contributed by atoms with Crippen LogP contribution >= 0.6 is 11.3 Å². The van der Waals surface area contributed by atoms with Crippen LogP contribution in [-0.2, 0) is 25.6 Å². The van der Waals surface area contributed by atoms with Crippen molar-refractivity contribution in [1.29, 1.82) is 0 Å². The van der Waals surface area contributed by atoms with Gasteiger partial charge in [-0.3, -0.25) is 9.80 Å². The molecule has 3 rings (SSSR count). The smallest absolute Gasteiger partial charge is 0.475 e. The number of carboxylic acids is 2. The molecule has 0 radical (unpaired) electrons. The van der Waals surface area contributed by atoms with Gasteiger partial charge in [0, 0.05) is 50.4 Å². The van der Waals surface area contributed by atoms with E-state index >= 15 is 0 Å². The molecule has 2 atom stereocenters. The van der Waals surface area contributed by atoms with Crippen LogP contribution in [0.2, 0.25) is 0 Å². The highest BCUT2D eigenvalue weighted by Crippen LogP contribution is 2.23. The van der Waals surface area contributed by atoms with Crippen molar-refractivity contribution in [1.82, 2.24) is 14.8 Å². The Bertz CT molecular complexity index is 696. The molecule has 33 heavy (non-hydrogen) atoms. The van der Waals surface area contributed by atoms with Gasteiger partial charge in [-0.25, -0.2) is 14.6 Å². The maximum absolute atomic E-state index is 10.6. The minimum absolute atomic E-state index is 0.502. The molecule has 1 aromatic rings. The van der Waals surface area contributed by atoms with Gasteiger partial charge < -0.3 is 19.7 Å². The molecule has 0 aliphatic carbocycles. The maximum atomic E-state index is 10.6. The van der Waals surface area contributed by atoms with Crippen molar-refractivity contribution in [2.45, 2.75) is 31.0 Å². The standard InChI is InChI=1S/C13H21N3O2S.2C2HF3O2/c1-17-4-3-16-11-6-15(7-12(16)10-18-9-11)8-13-14-2-5-19-13;2*3-2(4,5)1(6)7/h2,5,11-12H,3-4,6-10H2,1H3;2*(H,6,7). The normalized spacial score (nSPS) is 21.3. The number of aliphatic carboxylic acids is 2. The van der Waals surface area contributed by atoms with Crippen LogP contribution in [0.5, 0.6) is 0 Å². The van der Waals surface area contributed by atoms with E-state index in [-0.39, 0.29) is 0 Å². The number of rotatable bonds is 5. The monoisotopic (exact) mass is 511 g/mol. The lowest BCUT2D eigenvalue weighted by Gasteiger charge is -2.49. The molecule has 2 aliphatic heterocycles. The number of carbonyl (C=O) groups is 2. The molecule has 1 aromatic heterocycles. The van der Waals surface area contributed by atoms with Crippen molar-refractivity contribution in [2.75, 3.05) is 46.6 Å². The number of nitrogens with zero attached hydrogens (tertiary/aromatic N) is 3. The first kappa shape index (κ1) is 29.0. The lowest BCUT2D eigenvalue weighted by atomic mass is 10.0. The van der Waals surface area contributed by atoms with Crippen LogP contribution in [0, 0.1) is 0 Å². The van der Waals surface area contributed by atoms with Gasteiger partial charge in [0.2, 0.25) is 0 Å². The molecule has 2 unspecified atom stereocenters. The van der Waals surface area contributed by atoms with Crippen LogP contribution in [0.1, 0.15) is 5.01 Å². The highest BCUT2D eigenvalue weighted by atomic mass is 32.1. The third-order valence-corrected chi connectivity index (χ3v) is 5.14. The van der Waals surface area contributed by atoms with E-state index in [9.17, 15) is 26.3 Å². The summed E-state index contributed by atoms with van der Waals surface area (Å²) in [6.45, 7) is 6.62. The van der Waals surface area contributed by atoms with E-state index in [1.165, 1.54) is 5.01 Å². The maximum Gasteiger partial charge on any atom is 0.490 e. The van der Waals surface area contributed by atoms with Crippen molar-refractivity contribution in [3.63, 3.8) is 0 Å². The van der Waals surface area contributed by atoms with E-state index in [2.05, 4.69) is 14.8 Å². The van der Waals surface area contributed by atoms with E-state index in [4.69, 9.17) is 29.3 Å². The number of hydrogen-bond acceptors (Lipinski definition) is 8. The number of alkyl halides is 6. The summed E-state index contributed by atoms with van der Waals surface area (Å²) in [5, 5.41) is 17.5.